The normalized spacial score (nSPS) is 17.8. The largest absolute Gasteiger partial charge is 0.507 e. The summed E-state index contributed by atoms with van der Waals surface area (Å²) in [7, 11) is 4.72. The Morgan fingerprint density at radius 3 is 2.32 bits per heavy atom. The minimum absolute atomic E-state index is 0.0668. The third kappa shape index (κ3) is 4.41. The van der Waals surface area contributed by atoms with Crippen LogP contribution >= 0.6 is 0 Å². The van der Waals surface area contributed by atoms with Gasteiger partial charge in [0.1, 0.15) is 17.3 Å². The van der Waals surface area contributed by atoms with Gasteiger partial charge in [-0.25, -0.2) is 0 Å². The fourth-order valence-electron chi connectivity index (χ4n) is 3.80. The summed E-state index contributed by atoms with van der Waals surface area (Å²) in [5.41, 5.74) is 2.04. The molecule has 1 fully saturated rings. The lowest BCUT2D eigenvalue weighted by Crippen LogP contribution is -2.31. The molecule has 7 nitrogen and oxygen atoms in total. The van der Waals surface area contributed by atoms with Gasteiger partial charge in [0.15, 0.2) is 0 Å². The lowest BCUT2D eigenvalue weighted by Gasteiger charge is -2.25. The maximum absolute atomic E-state index is 13.0. The number of benzene rings is 2. The topological polar surface area (TPSA) is 85.3 Å². The molecule has 1 heterocycles. The number of amides is 1. The van der Waals surface area contributed by atoms with Crippen LogP contribution in [-0.4, -0.2) is 56.2 Å². The SMILES string of the molecule is COCCCN1C(=O)C(=O)/C(=C(/O)c2ccc(OC)c(C)c2)C1c1ccc(OC)cc1. The lowest BCUT2D eigenvalue weighted by atomic mass is 9.94. The molecule has 164 valence electrons. The number of carbonyl (C=O) groups is 2. The van der Waals surface area contributed by atoms with Gasteiger partial charge in [0.2, 0.25) is 0 Å². The van der Waals surface area contributed by atoms with Crippen molar-refractivity contribution in [3.8, 4) is 11.5 Å². The zero-order valence-electron chi connectivity index (χ0n) is 18.2. The van der Waals surface area contributed by atoms with Crippen molar-refractivity contribution in [2.45, 2.75) is 19.4 Å². The number of carbonyl (C=O) groups excluding carboxylic acids is 2. The molecule has 0 radical (unpaired) electrons. The first-order chi connectivity index (χ1) is 14.9. The second-order valence-corrected chi connectivity index (χ2v) is 7.30. The number of hydrogen-bond acceptors (Lipinski definition) is 6. The Kier molecular flexibility index (Phi) is 6.97. The molecule has 0 saturated carbocycles. The predicted octanol–water partition coefficient (Wildman–Crippen LogP) is 3.47. The van der Waals surface area contributed by atoms with Crippen LogP contribution in [0.2, 0.25) is 0 Å². The molecule has 0 aliphatic carbocycles. The molecular weight excluding hydrogens is 398 g/mol. The van der Waals surface area contributed by atoms with E-state index in [0.717, 1.165) is 5.56 Å². The molecule has 0 spiro atoms. The summed E-state index contributed by atoms with van der Waals surface area (Å²) in [6, 6.07) is 11.6. The van der Waals surface area contributed by atoms with Crippen molar-refractivity contribution in [2.24, 2.45) is 0 Å². The number of aliphatic hydroxyl groups is 1. The first-order valence-corrected chi connectivity index (χ1v) is 9.99. The van der Waals surface area contributed by atoms with Crippen LogP contribution in [0.4, 0.5) is 0 Å². The molecule has 1 amide bonds. The van der Waals surface area contributed by atoms with E-state index >= 15 is 0 Å². The Bertz CT molecular complexity index is 996. The monoisotopic (exact) mass is 425 g/mol. The molecule has 1 saturated heterocycles. The van der Waals surface area contributed by atoms with Crippen LogP contribution in [-0.2, 0) is 14.3 Å². The van der Waals surface area contributed by atoms with E-state index in [1.807, 2.05) is 6.92 Å². The second kappa shape index (κ2) is 9.66. The minimum atomic E-state index is -0.704. The molecule has 0 aromatic heterocycles. The van der Waals surface area contributed by atoms with Gasteiger partial charge in [-0.1, -0.05) is 12.1 Å². The molecule has 1 unspecified atom stereocenters. The van der Waals surface area contributed by atoms with Gasteiger partial charge in [-0.2, -0.15) is 0 Å². The van der Waals surface area contributed by atoms with E-state index < -0.39 is 17.7 Å². The van der Waals surface area contributed by atoms with Crippen LogP contribution in [0.3, 0.4) is 0 Å². The van der Waals surface area contributed by atoms with Gasteiger partial charge in [-0.15, -0.1) is 0 Å². The van der Waals surface area contributed by atoms with Crippen LogP contribution < -0.4 is 9.47 Å². The van der Waals surface area contributed by atoms with Gasteiger partial charge in [-0.3, -0.25) is 9.59 Å². The Labute approximate surface area is 181 Å². The van der Waals surface area contributed by atoms with E-state index in [9.17, 15) is 14.7 Å². The van der Waals surface area contributed by atoms with Crippen LogP contribution in [0.5, 0.6) is 11.5 Å². The summed E-state index contributed by atoms with van der Waals surface area (Å²) >= 11 is 0. The van der Waals surface area contributed by atoms with E-state index in [4.69, 9.17) is 14.2 Å². The van der Waals surface area contributed by atoms with Gasteiger partial charge in [0.05, 0.1) is 25.8 Å². The molecule has 1 atom stereocenters. The zero-order valence-corrected chi connectivity index (χ0v) is 18.2. The van der Waals surface area contributed by atoms with Crippen molar-refractivity contribution in [1.82, 2.24) is 4.90 Å². The maximum Gasteiger partial charge on any atom is 0.295 e. The van der Waals surface area contributed by atoms with Crippen molar-refractivity contribution in [2.75, 3.05) is 34.5 Å². The average molecular weight is 425 g/mol. The molecule has 2 aromatic rings. The van der Waals surface area contributed by atoms with E-state index in [1.54, 1.807) is 63.8 Å². The molecule has 2 aromatic carbocycles. The number of aliphatic hydroxyl groups excluding tert-OH is 1. The van der Waals surface area contributed by atoms with Crippen molar-refractivity contribution >= 4 is 17.4 Å². The Hall–Kier alpha value is -3.32. The number of rotatable bonds is 8. The maximum atomic E-state index is 13.0. The average Bonchev–Trinajstić information content (AvgIpc) is 3.03. The highest BCUT2D eigenvalue weighted by molar-refractivity contribution is 6.46. The molecule has 0 bridgehead atoms. The highest BCUT2D eigenvalue weighted by atomic mass is 16.5. The molecule has 1 aliphatic heterocycles. The summed E-state index contributed by atoms with van der Waals surface area (Å²) in [6.45, 7) is 2.63. The molecule has 7 heteroatoms. The lowest BCUT2D eigenvalue weighted by molar-refractivity contribution is -0.140. The molecule has 3 rings (SSSR count). The minimum Gasteiger partial charge on any atom is -0.507 e. The Morgan fingerprint density at radius 1 is 1.03 bits per heavy atom. The number of nitrogens with zero attached hydrogens (tertiary/aromatic N) is 1. The summed E-state index contributed by atoms with van der Waals surface area (Å²) in [5.74, 6) is -0.221. The van der Waals surface area contributed by atoms with Crippen LogP contribution in [0.25, 0.3) is 5.76 Å². The number of methoxy groups -OCH3 is 3. The molecule has 31 heavy (non-hydrogen) atoms. The van der Waals surface area contributed by atoms with Crippen molar-refractivity contribution in [1.29, 1.82) is 0 Å². The summed E-state index contributed by atoms with van der Waals surface area (Å²) < 4.78 is 15.6. The number of likely N-dealkylation sites (tertiary alicyclic amines) is 1. The van der Waals surface area contributed by atoms with Crippen LogP contribution in [0.1, 0.15) is 29.2 Å². The fourth-order valence-corrected chi connectivity index (χ4v) is 3.80. The quantitative estimate of drug-likeness (QED) is 0.302. The summed E-state index contributed by atoms with van der Waals surface area (Å²) in [5, 5.41) is 11.1. The van der Waals surface area contributed by atoms with Crippen LogP contribution in [0, 0.1) is 6.92 Å². The first kappa shape index (κ1) is 22.4. The van der Waals surface area contributed by atoms with E-state index in [-0.39, 0.29) is 11.3 Å². The number of Topliss-reactive ketones (excluding diaryl/α,β-unsaturated/α-hetero) is 1. The number of ether oxygens (including phenoxy) is 3. The van der Waals surface area contributed by atoms with E-state index in [2.05, 4.69) is 0 Å². The standard InChI is InChI=1S/C24H27NO6/c1-15-14-17(8-11-19(15)31-4)22(26)20-21(16-6-9-18(30-3)10-7-16)25(12-5-13-29-2)24(28)23(20)27/h6-11,14,21,26H,5,12-13H2,1-4H3/b22-20+. The molecule has 1 aliphatic rings. The first-order valence-electron chi connectivity index (χ1n) is 9.99. The van der Waals surface area contributed by atoms with E-state index in [1.165, 1.54) is 4.90 Å². The summed E-state index contributed by atoms with van der Waals surface area (Å²) in [6.07, 6.45) is 0.567. The second-order valence-electron chi connectivity index (χ2n) is 7.30. The van der Waals surface area contributed by atoms with Crippen molar-refractivity contribution < 1.29 is 28.9 Å². The highest BCUT2D eigenvalue weighted by Crippen LogP contribution is 2.40. The third-order valence-corrected chi connectivity index (χ3v) is 5.39. The Morgan fingerprint density at radius 2 is 1.74 bits per heavy atom. The molecule has 1 N–H and O–H groups in total. The van der Waals surface area contributed by atoms with E-state index in [0.29, 0.717) is 42.2 Å². The number of hydrogen-bond donors (Lipinski definition) is 1. The number of ketones is 1. The fraction of sp³-hybridized carbons (Fsp3) is 0.333. The van der Waals surface area contributed by atoms with Gasteiger partial charge < -0.3 is 24.2 Å². The third-order valence-electron chi connectivity index (χ3n) is 5.39. The highest BCUT2D eigenvalue weighted by Gasteiger charge is 2.45. The van der Waals surface area contributed by atoms with Gasteiger partial charge >= 0.3 is 0 Å². The Balaban J connectivity index is 2.11. The predicted molar refractivity (Wildman–Crippen MR) is 116 cm³/mol. The van der Waals surface area contributed by atoms with Gasteiger partial charge in [0.25, 0.3) is 11.7 Å². The molecular formula is C24H27NO6. The van der Waals surface area contributed by atoms with Gasteiger partial charge in [-0.05, 0) is 54.8 Å². The van der Waals surface area contributed by atoms with Crippen molar-refractivity contribution in [3.63, 3.8) is 0 Å². The smallest absolute Gasteiger partial charge is 0.295 e. The van der Waals surface area contributed by atoms with Crippen molar-refractivity contribution in [3.05, 3.63) is 64.7 Å². The number of aryl methyl sites for hydroxylation is 1. The van der Waals surface area contributed by atoms with Gasteiger partial charge in [0, 0.05) is 25.8 Å². The zero-order chi connectivity index (χ0) is 22.5. The summed E-state index contributed by atoms with van der Waals surface area (Å²) in [4.78, 5) is 27.3. The van der Waals surface area contributed by atoms with Crippen LogP contribution in [0.15, 0.2) is 48.0 Å².